The van der Waals surface area contributed by atoms with Gasteiger partial charge in [-0.25, -0.2) is 0 Å². The van der Waals surface area contributed by atoms with E-state index in [1.54, 1.807) is 21.3 Å². The molecule has 0 spiro atoms. The van der Waals surface area contributed by atoms with Crippen molar-refractivity contribution in [3.8, 4) is 28.4 Å². The van der Waals surface area contributed by atoms with Gasteiger partial charge in [-0.1, -0.05) is 32.9 Å². The topological polar surface area (TPSA) is 83.5 Å². The molecule has 1 N–H and O–H groups in total. The van der Waals surface area contributed by atoms with Gasteiger partial charge in [0.2, 0.25) is 0 Å². The number of methoxy groups -OCH3 is 3. The van der Waals surface area contributed by atoms with Gasteiger partial charge in [-0.05, 0) is 77.4 Å². The fourth-order valence-corrected chi connectivity index (χ4v) is 4.58. The van der Waals surface area contributed by atoms with Gasteiger partial charge in [0.15, 0.2) is 0 Å². The average Bonchev–Trinajstić information content (AvgIpc) is 2.96. The minimum atomic E-state index is -0.404. The Morgan fingerprint density at radius 2 is 1.32 bits per heavy atom. The number of phenolic OH excluding ortho intramolecular Hbond substituents is 1. The lowest BCUT2D eigenvalue weighted by Gasteiger charge is -2.18. The van der Waals surface area contributed by atoms with Crippen LogP contribution >= 0.6 is 0 Å². The van der Waals surface area contributed by atoms with Crippen LogP contribution in [0.15, 0.2) is 48.5 Å². The van der Waals surface area contributed by atoms with E-state index in [1.165, 1.54) is 5.56 Å². The van der Waals surface area contributed by atoms with Crippen LogP contribution in [0, 0.1) is 0 Å². The van der Waals surface area contributed by atoms with Gasteiger partial charge in [-0.3, -0.25) is 4.79 Å². The van der Waals surface area contributed by atoms with Crippen LogP contribution in [0.4, 0.5) is 0 Å². The first-order chi connectivity index (χ1) is 19.3. The maximum Gasteiger partial charge on any atom is 0.314 e. The first kappa shape index (κ1) is 31.1. The van der Waals surface area contributed by atoms with Crippen molar-refractivity contribution < 1.29 is 33.6 Å². The van der Waals surface area contributed by atoms with E-state index in [0.29, 0.717) is 30.3 Å². The van der Waals surface area contributed by atoms with E-state index in [-0.39, 0.29) is 32.0 Å². The van der Waals surface area contributed by atoms with Crippen LogP contribution < -0.4 is 9.47 Å². The van der Waals surface area contributed by atoms with Gasteiger partial charge >= 0.3 is 5.97 Å². The maximum absolute atomic E-state index is 12.9. The van der Waals surface area contributed by atoms with Crippen molar-refractivity contribution in [1.29, 1.82) is 0 Å². The Morgan fingerprint density at radius 1 is 0.800 bits per heavy atom. The monoisotopic (exact) mass is 550 g/mol. The highest BCUT2D eigenvalue weighted by molar-refractivity contribution is 5.76. The van der Waals surface area contributed by atoms with E-state index in [9.17, 15) is 9.90 Å². The summed E-state index contributed by atoms with van der Waals surface area (Å²) in [5, 5.41) is 10.6. The lowest BCUT2D eigenvalue weighted by Crippen LogP contribution is -2.15. The van der Waals surface area contributed by atoms with Gasteiger partial charge in [0, 0.05) is 38.0 Å². The minimum Gasteiger partial charge on any atom is -0.507 e. The second-order valence-electron chi connectivity index (χ2n) is 9.87. The molecule has 1 atom stereocenters. The van der Waals surface area contributed by atoms with Crippen LogP contribution in [0.3, 0.4) is 0 Å². The number of carbonyl (C=O) groups excluding carboxylic acids is 1. The minimum absolute atomic E-state index is 0.0892. The van der Waals surface area contributed by atoms with Crippen LogP contribution in [0.25, 0.3) is 11.1 Å². The molecule has 0 aromatic heterocycles. The second-order valence-corrected chi connectivity index (χ2v) is 9.87. The van der Waals surface area contributed by atoms with Crippen LogP contribution in [-0.4, -0.2) is 39.0 Å². The molecular formula is C33H42O7. The summed E-state index contributed by atoms with van der Waals surface area (Å²) in [4.78, 5) is 12.9. The Hall–Kier alpha value is -3.39. The third-order valence-electron chi connectivity index (χ3n) is 6.98. The average molecular weight is 551 g/mol. The zero-order chi connectivity index (χ0) is 29.1. The number of aromatic hydroxyl groups is 1. The molecule has 0 saturated carbocycles. The molecule has 0 radical (unpaired) electrons. The number of carbonyl (C=O) groups is 1. The van der Waals surface area contributed by atoms with E-state index in [0.717, 1.165) is 40.0 Å². The van der Waals surface area contributed by atoms with Crippen LogP contribution in [0.2, 0.25) is 0 Å². The predicted molar refractivity (Wildman–Crippen MR) is 156 cm³/mol. The van der Waals surface area contributed by atoms with Crippen molar-refractivity contribution in [1.82, 2.24) is 0 Å². The number of hydrogen-bond donors (Lipinski definition) is 1. The van der Waals surface area contributed by atoms with Crippen molar-refractivity contribution in [3.63, 3.8) is 0 Å². The molecule has 0 aliphatic heterocycles. The molecule has 0 saturated heterocycles. The molecule has 216 valence electrons. The molecule has 3 aromatic rings. The second kappa shape index (κ2) is 15.4. The lowest BCUT2D eigenvalue weighted by atomic mass is 9.94. The van der Waals surface area contributed by atoms with Gasteiger partial charge in [-0.15, -0.1) is 0 Å². The predicted octanol–water partition coefficient (Wildman–Crippen LogP) is 6.95. The molecule has 0 heterocycles. The Labute approximate surface area is 238 Å². The fraction of sp³-hybridized carbons (Fsp3) is 0.424. The fourth-order valence-electron chi connectivity index (χ4n) is 4.58. The summed E-state index contributed by atoms with van der Waals surface area (Å²) in [5.41, 5.74) is 6.07. The molecule has 0 fully saturated rings. The zero-order valence-corrected chi connectivity index (χ0v) is 24.5. The van der Waals surface area contributed by atoms with E-state index in [2.05, 4.69) is 26.0 Å². The molecule has 40 heavy (non-hydrogen) atoms. The molecule has 0 bridgehead atoms. The van der Waals surface area contributed by atoms with Crippen LogP contribution in [-0.2, 0) is 45.2 Å². The van der Waals surface area contributed by atoms with Crippen molar-refractivity contribution in [2.45, 2.75) is 65.8 Å². The summed E-state index contributed by atoms with van der Waals surface area (Å²) in [6, 6.07) is 15.8. The number of hydrogen-bond acceptors (Lipinski definition) is 7. The van der Waals surface area contributed by atoms with Crippen molar-refractivity contribution in [3.05, 3.63) is 76.3 Å². The Morgan fingerprint density at radius 3 is 1.85 bits per heavy atom. The van der Waals surface area contributed by atoms with E-state index < -0.39 is 5.97 Å². The Kier molecular flexibility index (Phi) is 12.0. The van der Waals surface area contributed by atoms with E-state index in [4.69, 9.17) is 23.7 Å². The van der Waals surface area contributed by atoms with Gasteiger partial charge in [0.1, 0.15) is 17.2 Å². The quantitative estimate of drug-likeness (QED) is 0.162. The highest BCUT2D eigenvalue weighted by Gasteiger charge is 2.19. The summed E-state index contributed by atoms with van der Waals surface area (Å²) in [6.07, 6.45) is 1.84. The smallest absolute Gasteiger partial charge is 0.314 e. The maximum atomic E-state index is 12.9. The molecule has 7 heteroatoms. The highest BCUT2D eigenvalue weighted by Crippen LogP contribution is 2.36. The SMILES string of the molecule is CCc1cc(-c2cc(COC)c(OC(=O)CCOc3ccc(C(C)CC)cc3)c(COC)c2)cc(COC)c1O. The van der Waals surface area contributed by atoms with E-state index in [1.807, 2.05) is 43.3 Å². The molecule has 7 nitrogen and oxygen atoms in total. The molecule has 3 rings (SSSR count). The normalized spacial score (nSPS) is 11.8. The highest BCUT2D eigenvalue weighted by atomic mass is 16.5. The number of esters is 1. The number of aryl methyl sites for hydroxylation is 1. The lowest BCUT2D eigenvalue weighted by molar-refractivity contribution is -0.135. The van der Waals surface area contributed by atoms with Gasteiger partial charge in [0.25, 0.3) is 0 Å². The van der Waals surface area contributed by atoms with Crippen LogP contribution in [0.5, 0.6) is 17.2 Å². The zero-order valence-electron chi connectivity index (χ0n) is 24.5. The van der Waals surface area contributed by atoms with E-state index >= 15 is 0 Å². The third-order valence-corrected chi connectivity index (χ3v) is 6.98. The summed E-state index contributed by atoms with van der Waals surface area (Å²) < 4.78 is 27.9. The van der Waals surface area contributed by atoms with Gasteiger partial charge in [0.05, 0.1) is 32.8 Å². The third kappa shape index (κ3) is 8.07. The van der Waals surface area contributed by atoms with Gasteiger partial charge in [-0.2, -0.15) is 0 Å². The first-order valence-corrected chi connectivity index (χ1v) is 13.8. The summed E-state index contributed by atoms with van der Waals surface area (Å²) in [6.45, 7) is 7.34. The summed E-state index contributed by atoms with van der Waals surface area (Å²) in [5.74, 6) is 1.49. The van der Waals surface area contributed by atoms with Crippen molar-refractivity contribution in [2.75, 3.05) is 27.9 Å². The number of ether oxygens (including phenoxy) is 5. The summed E-state index contributed by atoms with van der Waals surface area (Å²) in [7, 11) is 4.80. The number of benzene rings is 3. The molecule has 0 aliphatic rings. The Bertz CT molecular complexity index is 1220. The largest absolute Gasteiger partial charge is 0.507 e. The number of phenols is 1. The Balaban J connectivity index is 1.82. The molecule has 1 unspecified atom stereocenters. The molecule has 3 aromatic carbocycles. The van der Waals surface area contributed by atoms with Crippen molar-refractivity contribution >= 4 is 5.97 Å². The molecule has 0 aliphatic carbocycles. The number of rotatable bonds is 15. The molecular weight excluding hydrogens is 508 g/mol. The van der Waals surface area contributed by atoms with Crippen LogP contribution in [0.1, 0.15) is 67.3 Å². The molecule has 0 amide bonds. The first-order valence-electron chi connectivity index (χ1n) is 13.8. The standard InChI is InChI=1S/C33H42O7/c1-7-22(3)24-9-11-30(12-10-24)39-14-13-31(34)40-33-28(20-37-5)17-26(18-29(33)21-38-6)25-15-23(8-2)32(35)27(16-25)19-36-4/h9-12,15-18,22,35H,7-8,13-14,19-21H2,1-6H3. The summed E-state index contributed by atoms with van der Waals surface area (Å²) >= 11 is 0. The van der Waals surface area contributed by atoms with Gasteiger partial charge < -0.3 is 28.8 Å². The van der Waals surface area contributed by atoms with Crippen molar-refractivity contribution in [2.24, 2.45) is 0 Å².